The predicted octanol–water partition coefficient (Wildman–Crippen LogP) is 4.22. The largest absolute Gasteiger partial charge is 0.388 e. The molecule has 0 fully saturated rings. The molecule has 2 rings (SSSR count). The van der Waals surface area contributed by atoms with Crippen molar-refractivity contribution in [2.45, 2.75) is 32.3 Å². The van der Waals surface area contributed by atoms with Crippen LogP contribution in [-0.2, 0) is 0 Å². The highest BCUT2D eigenvalue weighted by atomic mass is 79.9. The number of fused-ring (bicyclic) bond motifs is 1. The molecule has 1 aromatic heterocycles. The summed E-state index contributed by atoms with van der Waals surface area (Å²) in [5, 5.41) is 11.2. The standard InChI is InChI=1S/C14H16BrNO/c1-2-3-6-13(17)11-7-8-12(15)10-5-4-9-16-14(10)11/h4-5,7-9,13,17H,2-3,6H2,1H3. The third-order valence-electron chi connectivity index (χ3n) is 2.94. The molecule has 0 aliphatic carbocycles. The molecule has 0 aliphatic rings. The number of rotatable bonds is 4. The number of benzene rings is 1. The Hall–Kier alpha value is -0.930. The molecule has 1 unspecified atom stereocenters. The van der Waals surface area contributed by atoms with Crippen molar-refractivity contribution in [2.24, 2.45) is 0 Å². The van der Waals surface area contributed by atoms with Crippen LogP contribution in [0.2, 0.25) is 0 Å². The maximum Gasteiger partial charge on any atom is 0.0811 e. The fraction of sp³-hybridized carbons (Fsp3) is 0.357. The van der Waals surface area contributed by atoms with Crippen molar-refractivity contribution in [1.82, 2.24) is 4.98 Å². The summed E-state index contributed by atoms with van der Waals surface area (Å²) in [6.45, 7) is 2.13. The number of unbranched alkanes of at least 4 members (excludes halogenated alkanes) is 1. The maximum absolute atomic E-state index is 10.2. The van der Waals surface area contributed by atoms with E-state index in [0.29, 0.717) is 0 Å². The number of aliphatic hydroxyl groups is 1. The Kier molecular flexibility index (Phi) is 4.13. The van der Waals surface area contributed by atoms with Crippen LogP contribution in [0.25, 0.3) is 10.9 Å². The second kappa shape index (κ2) is 5.61. The third kappa shape index (κ3) is 2.67. The molecule has 0 bridgehead atoms. The van der Waals surface area contributed by atoms with E-state index in [1.54, 1.807) is 6.20 Å². The minimum absolute atomic E-state index is 0.416. The molecule has 1 heterocycles. The van der Waals surface area contributed by atoms with Crippen LogP contribution in [0.1, 0.15) is 37.9 Å². The van der Waals surface area contributed by atoms with Gasteiger partial charge in [0.2, 0.25) is 0 Å². The van der Waals surface area contributed by atoms with Crippen LogP contribution < -0.4 is 0 Å². The number of nitrogens with zero attached hydrogens (tertiary/aromatic N) is 1. The number of aliphatic hydroxyl groups excluding tert-OH is 1. The first-order valence-corrected chi connectivity index (χ1v) is 6.74. The van der Waals surface area contributed by atoms with Crippen LogP contribution in [0.4, 0.5) is 0 Å². The average molecular weight is 294 g/mol. The van der Waals surface area contributed by atoms with Gasteiger partial charge in [-0.25, -0.2) is 0 Å². The van der Waals surface area contributed by atoms with Crippen molar-refractivity contribution in [3.05, 3.63) is 40.5 Å². The van der Waals surface area contributed by atoms with Crippen LogP contribution in [-0.4, -0.2) is 10.1 Å². The molecule has 1 atom stereocenters. The van der Waals surface area contributed by atoms with Crippen molar-refractivity contribution in [2.75, 3.05) is 0 Å². The van der Waals surface area contributed by atoms with Gasteiger partial charge in [0.1, 0.15) is 0 Å². The molecule has 1 aromatic carbocycles. The van der Waals surface area contributed by atoms with Gasteiger partial charge in [-0.05, 0) is 18.6 Å². The fourth-order valence-corrected chi connectivity index (χ4v) is 2.43. The van der Waals surface area contributed by atoms with Crippen LogP contribution in [0.3, 0.4) is 0 Å². The molecular weight excluding hydrogens is 278 g/mol. The third-order valence-corrected chi connectivity index (χ3v) is 3.63. The van der Waals surface area contributed by atoms with Crippen LogP contribution in [0, 0.1) is 0 Å². The normalized spacial score (nSPS) is 12.9. The van der Waals surface area contributed by atoms with Crippen molar-refractivity contribution in [3.8, 4) is 0 Å². The average Bonchev–Trinajstić information content (AvgIpc) is 2.37. The van der Waals surface area contributed by atoms with Gasteiger partial charge < -0.3 is 5.11 Å². The van der Waals surface area contributed by atoms with E-state index in [0.717, 1.165) is 40.2 Å². The maximum atomic E-state index is 10.2. The fourth-order valence-electron chi connectivity index (χ4n) is 1.98. The lowest BCUT2D eigenvalue weighted by molar-refractivity contribution is 0.165. The summed E-state index contributed by atoms with van der Waals surface area (Å²) in [7, 11) is 0. The first-order valence-electron chi connectivity index (χ1n) is 5.95. The molecule has 90 valence electrons. The number of hydrogen-bond donors (Lipinski definition) is 1. The summed E-state index contributed by atoms with van der Waals surface area (Å²) in [4.78, 5) is 4.38. The SMILES string of the molecule is CCCCC(O)c1ccc(Br)c2cccnc12. The van der Waals surface area contributed by atoms with Gasteiger partial charge in [-0.1, -0.05) is 47.8 Å². The zero-order valence-electron chi connectivity index (χ0n) is 9.86. The Balaban J connectivity index is 2.44. The summed E-state index contributed by atoms with van der Waals surface area (Å²) in [6.07, 6.45) is 4.28. The Labute approximate surface area is 110 Å². The van der Waals surface area contributed by atoms with E-state index in [1.807, 2.05) is 24.3 Å². The monoisotopic (exact) mass is 293 g/mol. The van der Waals surface area contributed by atoms with Crippen LogP contribution in [0.5, 0.6) is 0 Å². The first-order chi connectivity index (χ1) is 8.24. The summed E-state index contributed by atoms with van der Waals surface area (Å²) in [5.74, 6) is 0. The van der Waals surface area contributed by atoms with E-state index in [9.17, 15) is 5.11 Å². The molecule has 0 spiro atoms. The van der Waals surface area contributed by atoms with E-state index < -0.39 is 6.10 Å². The second-order valence-corrected chi connectivity index (χ2v) is 5.05. The van der Waals surface area contributed by atoms with E-state index >= 15 is 0 Å². The molecule has 0 saturated carbocycles. The molecule has 17 heavy (non-hydrogen) atoms. The molecule has 0 radical (unpaired) electrons. The summed E-state index contributed by atoms with van der Waals surface area (Å²) in [5.41, 5.74) is 1.82. The van der Waals surface area contributed by atoms with Gasteiger partial charge in [0, 0.05) is 21.6 Å². The van der Waals surface area contributed by atoms with Gasteiger partial charge in [0.05, 0.1) is 11.6 Å². The Morgan fingerprint density at radius 1 is 1.35 bits per heavy atom. The highest BCUT2D eigenvalue weighted by molar-refractivity contribution is 9.10. The molecule has 0 aliphatic heterocycles. The Morgan fingerprint density at radius 3 is 2.94 bits per heavy atom. The van der Waals surface area contributed by atoms with Crippen molar-refractivity contribution in [3.63, 3.8) is 0 Å². The number of aromatic nitrogens is 1. The molecule has 1 N–H and O–H groups in total. The van der Waals surface area contributed by atoms with Crippen LogP contribution in [0.15, 0.2) is 34.9 Å². The lowest BCUT2D eigenvalue weighted by Gasteiger charge is -2.13. The lowest BCUT2D eigenvalue weighted by Crippen LogP contribution is -1.99. The van der Waals surface area contributed by atoms with E-state index in [4.69, 9.17) is 0 Å². The van der Waals surface area contributed by atoms with E-state index in [2.05, 4.69) is 27.8 Å². The molecular formula is C14H16BrNO. The minimum Gasteiger partial charge on any atom is -0.388 e. The van der Waals surface area contributed by atoms with E-state index in [1.165, 1.54) is 0 Å². The van der Waals surface area contributed by atoms with E-state index in [-0.39, 0.29) is 0 Å². The summed E-state index contributed by atoms with van der Waals surface area (Å²) < 4.78 is 1.02. The number of pyridine rings is 1. The van der Waals surface area contributed by atoms with Gasteiger partial charge in [-0.3, -0.25) is 4.98 Å². The summed E-state index contributed by atoms with van der Waals surface area (Å²) in [6, 6.07) is 7.87. The lowest BCUT2D eigenvalue weighted by atomic mass is 10.0. The number of hydrogen-bond acceptors (Lipinski definition) is 2. The summed E-state index contributed by atoms with van der Waals surface area (Å²) >= 11 is 3.51. The number of halogens is 1. The first kappa shape index (κ1) is 12.5. The molecule has 2 aromatic rings. The minimum atomic E-state index is -0.416. The zero-order chi connectivity index (χ0) is 12.3. The predicted molar refractivity (Wildman–Crippen MR) is 73.9 cm³/mol. The molecule has 3 heteroatoms. The molecule has 0 amide bonds. The topological polar surface area (TPSA) is 33.1 Å². The Morgan fingerprint density at radius 2 is 2.18 bits per heavy atom. The second-order valence-electron chi connectivity index (χ2n) is 4.19. The van der Waals surface area contributed by atoms with Gasteiger partial charge in [0.15, 0.2) is 0 Å². The van der Waals surface area contributed by atoms with Crippen molar-refractivity contribution < 1.29 is 5.11 Å². The van der Waals surface area contributed by atoms with Gasteiger partial charge in [-0.2, -0.15) is 0 Å². The molecule has 2 nitrogen and oxygen atoms in total. The molecule has 0 saturated heterocycles. The van der Waals surface area contributed by atoms with Gasteiger partial charge >= 0.3 is 0 Å². The van der Waals surface area contributed by atoms with Gasteiger partial charge in [0.25, 0.3) is 0 Å². The van der Waals surface area contributed by atoms with Crippen molar-refractivity contribution >= 4 is 26.8 Å². The van der Waals surface area contributed by atoms with Gasteiger partial charge in [-0.15, -0.1) is 0 Å². The highest BCUT2D eigenvalue weighted by Crippen LogP contribution is 2.30. The Bertz CT molecular complexity index is 513. The van der Waals surface area contributed by atoms with Crippen LogP contribution >= 0.6 is 15.9 Å². The highest BCUT2D eigenvalue weighted by Gasteiger charge is 2.12. The van der Waals surface area contributed by atoms with Crippen molar-refractivity contribution in [1.29, 1.82) is 0 Å². The zero-order valence-corrected chi connectivity index (χ0v) is 11.4. The smallest absolute Gasteiger partial charge is 0.0811 e. The quantitative estimate of drug-likeness (QED) is 0.915.